The lowest BCUT2D eigenvalue weighted by atomic mass is 10.1. The Morgan fingerprint density at radius 1 is 1.26 bits per heavy atom. The average molecular weight is 496 g/mol. The number of ether oxygens (including phenoxy) is 2. The third-order valence-electron chi connectivity index (χ3n) is 5.68. The van der Waals surface area contributed by atoms with Gasteiger partial charge in [0.15, 0.2) is 11.9 Å². The third-order valence-corrected chi connectivity index (χ3v) is 6.88. The van der Waals surface area contributed by atoms with Crippen LogP contribution in [-0.4, -0.2) is 54.0 Å². The van der Waals surface area contributed by atoms with Gasteiger partial charge in [0, 0.05) is 31.5 Å². The van der Waals surface area contributed by atoms with Crippen molar-refractivity contribution in [2.24, 2.45) is 4.99 Å². The van der Waals surface area contributed by atoms with Crippen LogP contribution in [0.3, 0.4) is 0 Å². The Labute approximate surface area is 208 Å². The predicted molar refractivity (Wildman–Crippen MR) is 141 cm³/mol. The third kappa shape index (κ3) is 5.52. The number of nitrogens with one attached hydrogen (secondary N) is 1. The van der Waals surface area contributed by atoms with E-state index in [1.807, 2.05) is 52.7 Å². The zero-order valence-electron chi connectivity index (χ0n) is 20.2. The molecule has 1 aliphatic rings. The van der Waals surface area contributed by atoms with Crippen molar-refractivity contribution in [2.45, 2.75) is 39.7 Å². The van der Waals surface area contributed by atoms with Crippen LogP contribution >= 0.6 is 11.3 Å². The van der Waals surface area contributed by atoms with Crippen molar-refractivity contribution in [2.75, 3.05) is 26.4 Å². The van der Waals surface area contributed by atoms with E-state index >= 15 is 0 Å². The fourth-order valence-corrected chi connectivity index (χ4v) is 5.16. The van der Waals surface area contributed by atoms with Gasteiger partial charge in [0.1, 0.15) is 23.1 Å². The van der Waals surface area contributed by atoms with Crippen LogP contribution in [0.15, 0.2) is 46.5 Å². The van der Waals surface area contributed by atoms with Crippen LogP contribution < -0.4 is 15.6 Å². The molecule has 1 N–H and O–H groups in total. The highest BCUT2D eigenvalue weighted by molar-refractivity contribution is 7.22. The number of thiophene rings is 1. The summed E-state index contributed by atoms with van der Waals surface area (Å²) < 4.78 is 15.9. The Bertz CT molecular complexity index is 1340. The Balaban J connectivity index is 1.73. The van der Waals surface area contributed by atoms with Gasteiger partial charge >= 0.3 is 0 Å². The SMILES string of the molecule is CCCCn1c(=O)c2c(OCCOCC)c(C(=O)NCCC=[N+]3C=CN=C3)sc2c2ccccc21. The highest BCUT2D eigenvalue weighted by Crippen LogP contribution is 2.39. The molecule has 1 amide bonds. The maximum atomic E-state index is 13.7. The number of nitrogens with zero attached hydrogens (tertiary/aromatic N) is 3. The Morgan fingerprint density at radius 2 is 2.11 bits per heavy atom. The minimum atomic E-state index is -0.250. The summed E-state index contributed by atoms with van der Waals surface area (Å²) in [6.07, 6.45) is 9.69. The maximum Gasteiger partial charge on any atom is 0.290 e. The van der Waals surface area contributed by atoms with E-state index < -0.39 is 0 Å². The van der Waals surface area contributed by atoms with Crippen molar-refractivity contribution in [1.82, 2.24) is 9.88 Å². The number of rotatable bonds is 12. The van der Waals surface area contributed by atoms with Crippen molar-refractivity contribution in [3.8, 4) is 5.75 Å². The number of pyridine rings is 1. The first-order valence-electron chi connectivity index (χ1n) is 12.0. The number of fused-ring (bicyclic) bond motifs is 3. The molecule has 0 spiro atoms. The predicted octanol–water partition coefficient (Wildman–Crippen LogP) is 4.15. The first-order chi connectivity index (χ1) is 17.2. The maximum absolute atomic E-state index is 13.7. The van der Waals surface area contributed by atoms with Crippen LogP contribution in [0.5, 0.6) is 5.75 Å². The molecule has 3 heterocycles. The van der Waals surface area contributed by atoms with E-state index in [9.17, 15) is 9.59 Å². The molecule has 3 aromatic rings. The van der Waals surface area contributed by atoms with Gasteiger partial charge in [-0.25, -0.2) is 4.58 Å². The number of aryl methyl sites for hydroxylation is 1. The van der Waals surface area contributed by atoms with Crippen LogP contribution in [0, 0.1) is 0 Å². The number of unbranched alkanes of at least 4 members (excludes halogenated alkanes) is 1. The summed E-state index contributed by atoms with van der Waals surface area (Å²) in [5.41, 5.74) is 0.754. The van der Waals surface area contributed by atoms with Gasteiger partial charge in [0.05, 0.1) is 23.0 Å². The van der Waals surface area contributed by atoms with Gasteiger partial charge in [0.25, 0.3) is 17.8 Å². The number of carbonyl (C=O) groups is 1. The number of para-hydroxylation sites is 1. The molecular weight excluding hydrogens is 464 g/mol. The normalized spacial score (nSPS) is 13.9. The van der Waals surface area contributed by atoms with Crippen molar-refractivity contribution < 1.29 is 18.8 Å². The van der Waals surface area contributed by atoms with Crippen LogP contribution in [0.25, 0.3) is 21.0 Å². The molecular formula is C26H31N4O4S+. The number of amides is 1. The van der Waals surface area contributed by atoms with E-state index in [1.54, 1.807) is 12.5 Å². The molecule has 1 aliphatic heterocycles. The van der Waals surface area contributed by atoms with Gasteiger partial charge in [-0.15, -0.1) is 11.3 Å². The van der Waals surface area contributed by atoms with Gasteiger partial charge in [0.2, 0.25) is 0 Å². The van der Waals surface area contributed by atoms with E-state index in [2.05, 4.69) is 17.2 Å². The molecule has 0 fully saturated rings. The molecule has 0 bridgehead atoms. The van der Waals surface area contributed by atoms with E-state index in [-0.39, 0.29) is 18.1 Å². The van der Waals surface area contributed by atoms with Crippen molar-refractivity contribution in [1.29, 1.82) is 0 Å². The summed E-state index contributed by atoms with van der Waals surface area (Å²) >= 11 is 1.31. The Morgan fingerprint density at radius 3 is 2.89 bits per heavy atom. The molecule has 9 heteroatoms. The summed E-state index contributed by atoms with van der Waals surface area (Å²) in [6.45, 7) is 6.30. The number of hydrogen-bond donors (Lipinski definition) is 1. The highest BCUT2D eigenvalue weighted by Gasteiger charge is 2.25. The Hall–Kier alpha value is -3.30. The number of aliphatic imine (C=N–C) groups is 1. The molecule has 0 aliphatic carbocycles. The summed E-state index contributed by atoms with van der Waals surface area (Å²) in [4.78, 5) is 31.4. The molecule has 0 saturated heterocycles. The molecule has 0 radical (unpaired) electrons. The zero-order valence-corrected chi connectivity index (χ0v) is 21.0. The molecule has 1 aromatic carbocycles. The van der Waals surface area contributed by atoms with Gasteiger partial charge in [-0.1, -0.05) is 36.5 Å². The first kappa shape index (κ1) is 24.8. The number of benzene rings is 1. The lowest BCUT2D eigenvalue weighted by Crippen LogP contribution is -2.25. The van der Waals surface area contributed by atoms with Crippen LogP contribution in [0.2, 0.25) is 0 Å². The minimum Gasteiger partial charge on any atom is -0.489 e. The molecule has 4 rings (SSSR count). The van der Waals surface area contributed by atoms with Gasteiger partial charge in [-0.2, -0.15) is 0 Å². The largest absolute Gasteiger partial charge is 0.489 e. The van der Waals surface area contributed by atoms with Crippen molar-refractivity contribution in [3.05, 3.63) is 51.9 Å². The smallest absolute Gasteiger partial charge is 0.290 e. The van der Waals surface area contributed by atoms with E-state index in [4.69, 9.17) is 9.47 Å². The monoisotopic (exact) mass is 495 g/mol. The molecule has 2 aromatic heterocycles. The molecule has 184 valence electrons. The number of aromatic nitrogens is 1. The number of hydrogen-bond acceptors (Lipinski definition) is 6. The second-order valence-corrected chi connectivity index (χ2v) is 9.09. The molecule has 0 unspecified atom stereocenters. The molecule has 8 nitrogen and oxygen atoms in total. The van der Waals surface area contributed by atoms with Crippen LogP contribution in [0.1, 0.15) is 42.8 Å². The lowest BCUT2D eigenvalue weighted by molar-refractivity contribution is -0.304. The second-order valence-electron chi connectivity index (χ2n) is 8.07. The standard InChI is InChI=1S/C26H30N4O4S/c1-3-5-14-30-20-10-7-6-9-19(20)23-21(26(30)32)22(34-17-16-33-4-2)24(35-23)25(31)28-11-8-13-29-15-12-27-18-29/h6-7,9-10,12-13,15,18H,3-5,8,11,14,16-17H2,1-2H3/p+1. The fraction of sp³-hybridized carbons (Fsp3) is 0.385. The van der Waals surface area contributed by atoms with Crippen molar-refractivity contribution in [3.63, 3.8) is 0 Å². The summed E-state index contributed by atoms with van der Waals surface area (Å²) in [5.74, 6) is 0.0991. The van der Waals surface area contributed by atoms with Crippen molar-refractivity contribution >= 4 is 50.8 Å². The zero-order chi connectivity index (χ0) is 24.6. The van der Waals surface area contributed by atoms with Gasteiger partial charge in [-0.05, 0) is 19.4 Å². The quantitative estimate of drug-likeness (QED) is 0.302. The second kappa shape index (κ2) is 11.9. The lowest BCUT2D eigenvalue weighted by Gasteiger charge is -2.12. The van der Waals surface area contributed by atoms with Gasteiger partial charge in [-0.3, -0.25) is 9.59 Å². The topological polar surface area (TPSA) is 84.9 Å². The van der Waals surface area contributed by atoms with E-state index in [0.717, 1.165) is 28.4 Å². The molecule has 0 atom stereocenters. The molecule has 35 heavy (non-hydrogen) atoms. The number of carbonyl (C=O) groups excluding carboxylic acids is 1. The van der Waals surface area contributed by atoms with E-state index in [0.29, 0.717) is 48.7 Å². The van der Waals surface area contributed by atoms with E-state index in [1.165, 1.54) is 11.3 Å². The summed E-state index contributed by atoms with van der Waals surface area (Å²) in [7, 11) is 0. The fourth-order valence-electron chi connectivity index (χ4n) is 3.97. The molecule has 0 saturated carbocycles. The van der Waals surface area contributed by atoms with Crippen LogP contribution in [-0.2, 0) is 11.3 Å². The first-order valence-corrected chi connectivity index (χ1v) is 12.8. The minimum absolute atomic E-state index is 0.123. The summed E-state index contributed by atoms with van der Waals surface area (Å²) in [5, 5.41) is 4.39. The average Bonchev–Trinajstić information content (AvgIpc) is 3.53. The highest BCUT2D eigenvalue weighted by atomic mass is 32.1. The van der Waals surface area contributed by atoms with Crippen LogP contribution in [0.4, 0.5) is 0 Å². The summed E-state index contributed by atoms with van der Waals surface area (Å²) in [6, 6.07) is 7.86. The Kier molecular flexibility index (Phi) is 8.44. The van der Waals surface area contributed by atoms with Gasteiger partial charge < -0.3 is 19.4 Å².